The van der Waals surface area contributed by atoms with Gasteiger partial charge in [0.15, 0.2) is 9.84 Å². The largest absolute Gasteiger partial charge is 0.458 e. The van der Waals surface area contributed by atoms with Crippen molar-refractivity contribution in [3.63, 3.8) is 0 Å². The third kappa shape index (κ3) is 6.39. The minimum atomic E-state index is -5.77. The van der Waals surface area contributed by atoms with Crippen LogP contribution in [0, 0.1) is 5.82 Å². The standard InChI is InChI=1S/C10H13FO2S.C4F6O2/c1-10(2,3)14(12,13)9-6-4-8(11)5-7-9;5-3(6,7)1(11)2(12)4(8,9)10/h4-7H,1-3H3;. The highest BCUT2D eigenvalue weighted by Gasteiger charge is 2.54. The zero-order valence-corrected chi connectivity index (χ0v) is 14.3. The van der Waals surface area contributed by atoms with Gasteiger partial charge in [-0.2, -0.15) is 26.3 Å². The van der Waals surface area contributed by atoms with Gasteiger partial charge in [0, 0.05) is 0 Å². The Morgan fingerprint density at radius 2 is 1.08 bits per heavy atom. The van der Waals surface area contributed by atoms with Crippen LogP contribution >= 0.6 is 0 Å². The highest BCUT2D eigenvalue weighted by atomic mass is 32.2. The van der Waals surface area contributed by atoms with E-state index in [1.807, 2.05) is 0 Å². The average Bonchev–Trinajstić information content (AvgIpc) is 2.43. The van der Waals surface area contributed by atoms with Crippen LogP contribution in [0.4, 0.5) is 30.7 Å². The summed E-state index contributed by atoms with van der Waals surface area (Å²) in [5.74, 6) is -7.25. The van der Waals surface area contributed by atoms with E-state index < -0.39 is 44.3 Å². The summed E-state index contributed by atoms with van der Waals surface area (Å²) in [6.45, 7) is 4.85. The van der Waals surface area contributed by atoms with E-state index >= 15 is 0 Å². The summed E-state index contributed by atoms with van der Waals surface area (Å²) in [6.07, 6.45) is -11.5. The van der Waals surface area contributed by atoms with E-state index in [0.717, 1.165) is 12.1 Å². The van der Waals surface area contributed by atoms with Gasteiger partial charge in [0.2, 0.25) is 0 Å². The minimum absolute atomic E-state index is 0.159. The minimum Gasteiger partial charge on any atom is -0.280 e. The van der Waals surface area contributed by atoms with E-state index in [1.165, 1.54) is 12.1 Å². The number of benzene rings is 1. The summed E-state index contributed by atoms with van der Waals surface area (Å²) in [7, 11) is -3.36. The fraction of sp³-hybridized carbons (Fsp3) is 0.429. The molecular weight excluding hydrogens is 397 g/mol. The molecule has 1 rings (SSSR count). The van der Waals surface area contributed by atoms with Gasteiger partial charge in [0.05, 0.1) is 9.64 Å². The molecule has 0 radical (unpaired) electrons. The third-order valence-corrected chi connectivity index (χ3v) is 5.16. The number of hydrogen-bond donors (Lipinski definition) is 0. The number of sulfone groups is 1. The van der Waals surface area contributed by atoms with Gasteiger partial charge in [0.25, 0.3) is 0 Å². The molecule has 148 valence electrons. The summed E-state index contributed by atoms with van der Waals surface area (Å²) >= 11 is 0. The fourth-order valence-electron chi connectivity index (χ4n) is 1.22. The summed E-state index contributed by atoms with van der Waals surface area (Å²) in [5.41, 5.74) is 0. The Morgan fingerprint density at radius 3 is 1.31 bits per heavy atom. The lowest BCUT2D eigenvalue weighted by molar-refractivity contribution is -0.193. The molecule has 0 aliphatic carbocycles. The van der Waals surface area contributed by atoms with Crippen molar-refractivity contribution in [3.05, 3.63) is 30.1 Å². The Kier molecular flexibility index (Phi) is 7.13. The molecule has 0 saturated carbocycles. The number of alkyl halides is 6. The third-order valence-electron chi connectivity index (χ3n) is 2.65. The Bertz CT molecular complexity index is 730. The van der Waals surface area contributed by atoms with Gasteiger partial charge in [-0.15, -0.1) is 0 Å². The predicted octanol–water partition coefficient (Wildman–Crippen LogP) is 3.65. The van der Waals surface area contributed by atoms with Crippen molar-refractivity contribution < 1.29 is 48.7 Å². The maximum absolute atomic E-state index is 12.6. The topological polar surface area (TPSA) is 68.3 Å². The van der Waals surface area contributed by atoms with Crippen LogP contribution in [-0.4, -0.2) is 37.1 Å². The van der Waals surface area contributed by atoms with E-state index in [2.05, 4.69) is 0 Å². The van der Waals surface area contributed by atoms with Gasteiger partial charge in [0.1, 0.15) is 5.82 Å². The molecule has 0 heterocycles. The van der Waals surface area contributed by atoms with Gasteiger partial charge in [-0.25, -0.2) is 12.8 Å². The number of carbonyl (C=O) groups is 2. The molecule has 0 aromatic heterocycles. The molecule has 0 unspecified atom stereocenters. The molecule has 0 aliphatic heterocycles. The van der Waals surface area contributed by atoms with Crippen molar-refractivity contribution in [2.75, 3.05) is 0 Å². The van der Waals surface area contributed by atoms with Gasteiger partial charge in [-0.3, -0.25) is 9.59 Å². The highest BCUT2D eigenvalue weighted by molar-refractivity contribution is 7.92. The second-order valence-corrected chi connectivity index (χ2v) is 8.43. The van der Waals surface area contributed by atoms with Crippen molar-refractivity contribution in [2.24, 2.45) is 0 Å². The Hall–Kier alpha value is -1.98. The zero-order chi connectivity index (χ0) is 21.1. The second kappa shape index (κ2) is 7.72. The van der Waals surface area contributed by atoms with Crippen LogP contribution in [0.3, 0.4) is 0 Å². The molecule has 0 bridgehead atoms. The van der Waals surface area contributed by atoms with E-state index in [-0.39, 0.29) is 4.90 Å². The van der Waals surface area contributed by atoms with Crippen molar-refractivity contribution in [2.45, 2.75) is 42.8 Å². The van der Waals surface area contributed by atoms with E-state index in [4.69, 9.17) is 0 Å². The van der Waals surface area contributed by atoms with Crippen molar-refractivity contribution in [3.8, 4) is 0 Å². The van der Waals surface area contributed by atoms with Crippen LogP contribution in [0.15, 0.2) is 29.2 Å². The van der Waals surface area contributed by atoms with Gasteiger partial charge in [-0.1, -0.05) is 0 Å². The fourth-order valence-corrected chi connectivity index (χ4v) is 2.43. The molecule has 0 aliphatic rings. The molecule has 0 fully saturated rings. The maximum atomic E-state index is 12.6. The average molecular weight is 410 g/mol. The van der Waals surface area contributed by atoms with E-state index in [9.17, 15) is 48.7 Å². The van der Waals surface area contributed by atoms with Crippen LogP contribution in [0.25, 0.3) is 0 Å². The molecule has 0 N–H and O–H groups in total. The summed E-state index contributed by atoms with van der Waals surface area (Å²) in [5, 5.41) is 0. The summed E-state index contributed by atoms with van der Waals surface area (Å²) in [4.78, 5) is 19.4. The van der Waals surface area contributed by atoms with E-state index in [0.29, 0.717) is 0 Å². The van der Waals surface area contributed by atoms with Crippen LogP contribution in [0.5, 0.6) is 0 Å². The lowest BCUT2D eigenvalue weighted by Gasteiger charge is -2.18. The van der Waals surface area contributed by atoms with Crippen molar-refractivity contribution in [1.82, 2.24) is 0 Å². The zero-order valence-electron chi connectivity index (χ0n) is 13.5. The smallest absolute Gasteiger partial charge is 0.280 e. The molecule has 0 amide bonds. The first-order chi connectivity index (χ1) is 11.3. The van der Waals surface area contributed by atoms with Crippen molar-refractivity contribution in [1.29, 1.82) is 0 Å². The Morgan fingerprint density at radius 1 is 0.769 bits per heavy atom. The molecule has 1 aromatic rings. The maximum Gasteiger partial charge on any atom is 0.458 e. The van der Waals surface area contributed by atoms with Crippen LogP contribution in [0.2, 0.25) is 0 Å². The number of Topliss-reactive ketones (excluding diaryl/α,β-unsaturated/α-hetero) is 2. The SMILES string of the molecule is CC(C)(C)S(=O)(=O)c1ccc(F)cc1.O=C(C(=O)C(F)(F)F)C(F)(F)F. The number of ketones is 2. The van der Waals surface area contributed by atoms with Crippen molar-refractivity contribution >= 4 is 21.4 Å². The molecule has 26 heavy (non-hydrogen) atoms. The predicted molar refractivity (Wildman–Crippen MR) is 75.5 cm³/mol. The number of rotatable bonds is 2. The monoisotopic (exact) mass is 410 g/mol. The first-order valence-corrected chi connectivity index (χ1v) is 8.03. The summed E-state index contributed by atoms with van der Waals surface area (Å²) in [6, 6.07) is 4.88. The lowest BCUT2D eigenvalue weighted by Crippen LogP contribution is -2.39. The molecular formula is C14H13F7O4S. The first-order valence-electron chi connectivity index (χ1n) is 6.54. The normalized spacial score (nSPS) is 12.8. The molecule has 0 saturated heterocycles. The quantitative estimate of drug-likeness (QED) is 0.424. The first kappa shape index (κ1) is 24.0. The summed E-state index contributed by atoms with van der Waals surface area (Å²) < 4.78 is 102. The van der Waals surface area contributed by atoms with Crippen LogP contribution in [-0.2, 0) is 19.4 Å². The van der Waals surface area contributed by atoms with Gasteiger partial charge < -0.3 is 0 Å². The van der Waals surface area contributed by atoms with Crippen LogP contribution in [0.1, 0.15) is 20.8 Å². The molecule has 0 atom stereocenters. The van der Waals surface area contributed by atoms with E-state index in [1.54, 1.807) is 20.8 Å². The molecule has 0 spiro atoms. The lowest BCUT2D eigenvalue weighted by atomic mass is 10.2. The molecule has 12 heteroatoms. The van der Waals surface area contributed by atoms with Gasteiger partial charge in [-0.05, 0) is 45.0 Å². The van der Waals surface area contributed by atoms with Gasteiger partial charge >= 0.3 is 23.9 Å². The molecule has 1 aromatic carbocycles. The second-order valence-electron chi connectivity index (χ2n) is 5.72. The molecule has 4 nitrogen and oxygen atoms in total. The number of carbonyl (C=O) groups excluding carboxylic acids is 2. The Labute approximate surface area is 143 Å². The number of halogens is 7. The number of hydrogen-bond acceptors (Lipinski definition) is 4. The van der Waals surface area contributed by atoms with Crippen LogP contribution < -0.4 is 0 Å². The highest BCUT2D eigenvalue weighted by Crippen LogP contribution is 2.25. The Balaban J connectivity index is 0.000000488.